The molecule has 0 saturated heterocycles. The Morgan fingerprint density at radius 3 is 2.48 bits per heavy atom. The van der Waals surface area contributed by atoms with E-state index in [0.717, 1.165) is 10.1 Å². The topological polar surface area (TPSA) is 86.2 Å². The van der Waals surface area contributed by atoms with Gasteiger partial charge in [-0.2, -0.15) is 0 Å². The van der Waals surface area contributed by atoms with Gasteiger partial charge >= 0.3 is 5.69 Å². The number of aromatic nitrogens is 2. The zero-order valence-electron chi connectivity index (χ0n) is 16.6. The van der Waals surface area contributed by atoms with Gasteiger partial charge in [-0.3, -0.25) is 18.7 Å². The summed E-state index contributed by atoms with van der Waals surface area (Å²) >= 11 is 5.96. The summed E-state index contributed by atoms with van der Waals surface area (Å²) in [6.07, 6.45) is 1.52. The molecule has 0 aliphatic rings. The van der Waals surface area contributed by atoms with Gasteiger partial charge in [0.05, 0.1) is 30.3 Å². The number of amides is 1. The largest absolute Gasteiger partial charge is 0.467 e. The molecule has 0 radical (unpaired) electrons. The van der Waals surface area contributed by atoms with Gasteiger partial charge in [0.2, 0.25) is 5.91 Å². The van der Waals surface area contributed by atoms with Crippen molar-refractivity contribution < 1.29 is 9.21 Å². The number of nitrogens with one attached hydrogen (secondary N) is 1. The molecule has 158 valence electrons. The molecule has 0 atom stereocenters. The minimum absolute atomic E-state index is 0.00482. The summed E-state index contributed by atoms with van der Waals surface area (Å²) in [6.45, 7) is 0.508. The summed E-state index contributed by atoms with van der Waals surface area (Å²) < 4.78 is 7.84. The highest BCUT2D eigenvalue weighted by Crippen LogP contribution is 2.13. The van der Waals surface area contributed by atoms with E-state index < -0.39 is 11.2 Å². The smallest absolute Gasteiger partial charge is 0.331 e. The van der Waals surface area contributed by atoms with Crippen LogP contribution in [0, 0.1) is 0 Å². The first-order valence-electron chi connectivity index (χ1n) is 9.79. The maximum atomic E-state index is 13.2. The van der Waals surface area contributed by atoms with E-state index in [1.165, 1.54) is 6.26 Å². The lowest BCUT2D eigenvalue weighted by molar-refractivity contribution is -0.121. The average Bonchev–Trinajstić information content (AvgIpc) is 3.30. The number of carbonyl (C=O) groups excluding carboxylic acids is 1. The van der Waals surface area contributed by atoms with Crippen LogP contribution in [0.15, 0.2) is 80.9 Å². The minimum Gasteiger partial charge on any atom is -0.467 e. The van der Waals surface area contributed by atoms with Crippen molar-refractivity contribution in [2.75, 3.05) is 0 Å². The Balaban J connectivity index is 1.62. The first kappa shape index (κ1) is 20.7. The van der Waals surface area contributed by atoms with Gasteiger partial charge in [0.25, 0.3) is 5.56 Å². The van der Waals surface area contributed by atoms with E-state index in [-0.39, 0.29) is 32.0 Å². The second-order valence-electron chi connectivity index (χ2n) is 7.08. The number of rotatable bonds is 7. The molecule has 2 heterocycles. The van der Waals surface area contributed by atoms with Gasteiger partial charge in [0.1, 0.15) is 5.76 Å². The molecule has 0 aliphatic carbocycles. The Morgan fingerprint density at radius 1 is 0.968 bits per heavy atom. The van der Waals surface area contributed by atoms with E-state index in [0.29, 0.717) is 21.7 Å². The quantitative estimate of drug-likeness (QED) is 0.481. The SMILES string of the molecule is O=C(CCn1c(=O)c2ccccc2n(Cc2ccc(Cl)cc2)c1=O)NCc1ccco1. The van der Waals surface area contributed by atoms with Crippen molar-refractivity contribution in [3.05, 3.63) is 104 Å². The minimum atomic E-state index is -0.461. The molecule has 0 spiro atoms. The summed E-state index contributed by atoms with van der Waals surface area (Å²) in [4.78, 5) is 38.3. The van der Waals surface area contributed by atoms with Crippen molar-refractivity contribution in [3.8, 4) is 0 Å². The van der Waals surface area contributed by atoms with Gasteiger partial charge in [-0.05, 0) is 42.0 Å². The van der Waals surface area contributed by atoms with Crippen LogP contribution in [-0.2, 0) is 24.4 Å². The Bertz CT molecular complexity index is 1320. The number of carbonyl (C=O) groups is 1. The van der Waals surface area contributed by atoms with E-state index in [9.17, 15) is 14.4 Å². The predicted molar refractivity (Wildman–Crippen MR) is 118 cm³/mol. The molecule has 1 amide bonds. The van der Waals surface area contributed by atoms with Gasteiger partial charge in [0, 0.05) is 18.0 Å². The normalized spacial score (nSPS) is 11.0. The number of para-hydroxylation sites is 1. The van der Waals surface area contributed by atoms with Crippen LogP contribution >= 0.6 is 11.6 Å². The predicted octanol–water partition coefficient (Wildman–Crippen LogP) is 3.16. The molecule has 0 fully saturated rings. The third kappa shape index (κ3) is 4.62. The fraction of sp³-hybridized carbons (Fsp3) is 0.174. The summed E-state index contributed by atoms with van der Waals surface area (Å²) in [5.74, 6) is 0.349. The maximum absolute atomic E-state index is 13.2. The van der Waals surface area contributed by atoms with Crippen LogP contribution in [0.25, 0.3) is 10.9 Å². The number of furan rings is 1. The summed E-state index contributed by atoms with van der Waals surface area (Å²) in [7, 11) is 0. The third-order valence-corrected chi connectivity index (χ3v) is 5.24. The van der Waals surface area contributed by atoms with Crippen LogP contribution in [0.5, 0.6) is 0 Å². The van der Waals surface area contributed by atoms with Crippen LogP contribution in [0.1, 0.15) is 17.7 Å². The second-order valence-corrected chi connectivity index (χ2v) is 7.51. The molecule has 4 aromatic rings. The number of hydrogen-bond donors (Lipinski definition) is 1. The van der Waals surface area contributed by atoms with Crippen molar-refractivity contribution in [2.24, 2.45) is 0 Å². The van der Waals surface area contributed by atoms with Crippen molar-refractivity contribution in [2.45, 2.75) is 26.1 Å². The lowest BCUT2D eigenvalue weighted by Gasteiger charge is -2.14. The van der Waals surface area contributed by atoms with E-state index >= 15 is 0 Å². The number of halogens is 1. The molecule has 7 nitrogen and oxygen atoms in total. The van der Waals surface area contributed by atoms with E-state index in [2.05, 4.69) is 5.32 Å². The Kier molecular flexibility index (Phi) is 6.04. The van der Waals surface area contributed by atoms with Crippen LogP contribution in [0.4, 0.5) is 0 Å². The molecule has 31 heavy (non-hydrogen) atoms. The van der Waals surface area contributed by atoms with E-state index in [1.54, 1.807) is 53.1 Å². The summed E-state index contributed by atoms with van der Waals surface area (Å²) in [6, 6.07) is 17.6. The van der Waals surface area contributed by atoms with E-state index in [4.69, 9.17) is 16.0 Å². The molecule has 8 heteroatoms. The molecule has 4 rings (SSSR count). The standard InChI is InChI=1S/C23H20ClN3O4/c24-17-9-7-16(8-10-17)15-27-20-6-2-1-5-19(20)22(29)26(23(27)30)12-11-21(28)25-14-18-4-3-13-31-18/h1-10,13H,11-12,14-15H2,(H,25,28). The van der Waals surface area contributed by atoms with Gasteiger partial charge in [0.15, 0.2) is 0 Å². The van der Waals surface area contributed by atoms with Gasteiger partial charge in [-0.25, -0.2) is 4.79 Å². The van der Waals surface area contributed by atoms with E-state index in [1.807, 2.05) is 12.1 Å². The zero-order chi connectivity index (χ0) is 21.8. The van der Waals surface area contributed by atoms with Gasteiger partial charge in [-0.1, -0.05) is 35.9 Å². The summed E-state index contributed by atoms with van der Waals surface area (Å²) in [5.41, 5.74) is 0.549. The highest BCUT2D eigenvalue weighted by Gasteiger charge is 2.14. The zero-order valence-corrected chi connectivity index (χ0v) is 17.3. The number of fused-ring (bicyclic) bond motifs is 1. The maximum Gasteiger partial charge on any atom is 0.331 e. The van der Waals surface area contributed by atoms with Gasteiger partial charge in [-0.15, -0.1) is 0 Å². The monoisotopic (exact) mass is 437 g/mol. The molecule has 0 aliphatic heterocycles. The number of benzene rings is 2. The first-order chi connectivity index (χ1) is 15.0. The molecule has 0 bridgehead atoms. The van der Waals surface area contributed by atoms with Crippen LogP contribution in [0.3, 0.4) is 0 Å². The van der Waals surface area contributed by atoms with Crippen molar-refractivity contribution in [1.82, 2.24) is 14.5 Å². The number of hydrogen-bond acceptors (Lipinski definition) is 4. The Labute approximate surface area is 182 Å². The number of nitrogens with zero attached hydrogens (tertiary/aromatic N) is 2. The van der Waals surface area contributed by atoms with Crippen molar-refractivity contribution in [3.63, 3.8) is 0 Å². The van der Waals surface area contributed by atoms with Crippen molar-refractivity contribution >= 4 is 28.4 Å². The van der Waals surface area contributed by atoms with Gasteiger partial charge < -0.3 is 9.73 Å². The van der Waals surface area contributed by atoms with Crippen molar-refractivity contribution in [1.29, 1.82) is 0 Å². The molecule has 2 aromatic heterocycles. The van der Waals surface area contributed by atoms with Crippen LogP contribution < -0.4 is 16.6 Å². The molecular weight excluding hydrogens is 418 g/mol. The lowest BCUT2D eigenvalue weighted by atomic mass is 10.2. The fourth-order valence-electron chi connectivity index (χ4n) is 3.39. The third-order valence-electron chi connectivity index (χ3n) is 4.99. The second kappa shape index (κ2) is 9.06. The average molecular weight is 438 g/mol. The lowest BCUT2D eigenvalue weighted by Crippen LogP contribution is -2.41. The van der Waals surface area contributed by atoms with Crippen LogP contribution in [0.2, 0.25) is 5.02 Å². The first-order valence-corrected chi connectivity index (χ1v) is 10.2. The highest BCUT2D eigenvalue weighted by molar-refractivity contribution is 6.30. The molecule has 0 unspecified atom stereocenters. The Morgan fingerprint density at radius 2 is 1.74 bits per heavy atom. The summed E-state index contributed by atoms with van der Waals surface area (Å²) in [5, 5.41) is 3.75. The van der Waals surface area contributed by atoms with Crippen LogP contribution in [-0.4, -0.2) is 15.0 Å². The Hall–Kier alpha value is -3.58. The molecule has 1 N–H and O–H groups in total. The highest BCUT2D eigenvalue weighted by atomic mass is 35.5. The molecule has 2 aromatic carbocycles. The molecule has 0 saturated carbocycles. The fourth-order valence-corrected chi connectivity index (χ4v) is 3.52. The molecular formula is C23H20ClN3O4.